The van der Waals surface area contributed by atoms with Crippen LogP contribution in [0, 0.1) is 0 Å². The van der Waals surface area contributed by atoms with Gasteiger partial charge in [-0.3, -0.25) is 4.98 Å². The minimum absolute atomic E-state index is 0.993. The Morgan fingerprint density at radius 1 is 0.452 bits per heavy atom. The van der Waals surface area contributed by atoms with E-state index in [9.17, 15) is 0 Å². The van der Waals surface area contributed by atoms with Crippen LogP contribution < -0.4 is 0 Å². The summed E-state index contributed by atoms with van der Waals surface area (Å²) in [5.74, 6) is 0. The highest BCUT2D eigenvalue weighted by Crippen LogP contribution is 2.46. The topological polar surface area (TPSA) is 12.9 Å². The highest BCUT2D eigenvalue weighted by molar-refractivity contribution is 6.24. The molecule has 0 radical (unpaired) electrons. The van der Waals surface area contributed by atoms with Gasteiger partial charge in [-0.25, -0.2) is 0 Å². The van der Waals surface area contributed by atoms with E-state index in [1.807, 2.05) is 12.3 Å². The maximum atomic E-state index is 4.68. The lowest BCUT2D eigenvalue weighted by molar-refractivity contribution is 1.15. The minimum atomic E-state index is 0.993. The summed E-state index contributed by atoms with van der Waals surface area (Å²) in [6.07, 6.45) is 2.92. The van der Waals surface area contributed by atoms with Crippen molar-refractivity contribution in [1.29, 1.82) is 0 Å². The van der Waals surface area contributed by atoms with E-state index in [4.69, 9.17) is 0 Å². The number of benzene rings is 7. The van der Waals surface area contributed by atoms with Gasteiger partial charge in [-0.15, -0.1) is 0 Å². The van der Waals surface area contributed by atoms with E-state index in [0.29, 0.717) is 0 Å². The number of hydrogen-bond acceptors (Lipinski definition) is 1. The molecule has 0 aliphatic carbocycles. The third kappa shape index (κ3) is 3.89. The van der Waals surface area contributed by atoms with Gasteiger partial charge in [0.15, 0.2) is 0 Å². The highest BCUT2D eigenvalue weighted by atomic mass is 14.7. The van der Waals surface area contributed by atoms with Crippen molar-refractivity contribution in [3.8, 4) is 33.5 Å². The van der Waals surface area contributed by atoms with Crippen molar-refractivity contribution in [2.24, 2.45) is 0 Å². The predicted octanol–water partition coefficient (Wildman–Crippen LogP) is 11.3. The van der Waals surface area contributed by atoms with Crippen molar-refractivity contribution in [2.75, 3.05) is 0 Å². The quantitative estimate of drug-likeness (QED) is 0.204. The second-order valence-corrected chi connectivity index (χ2v) is 11.0. The van der Waals surface area contributed by atoms with E-state index in [2.05, 4.69) is 145 Å². The summed E-state index contributed by atoms with van der Waals surface area (Å²) in [5.41, 5.74) is 8.59. The van der Waals surface area contributed by atoms with Crippen LogP contribution >= 0.6 is 0 Å². The predicted molar refractivity (Wildman–Crippen MR) is 180 cm³/mol. The molecule has 0 atom stereocenters. The first-order valence-corrected chi connectivity index (χ1v) is 14.7. The van der Waals surface area contributed by atoms with E-state index in [-0.39, 0.29) is 0 Å². The number of nitrogens with zero attached hydrogens (tertiary/aromatic N) is 1. The molecule has 0 saturated heterocycles. The number of aromatic nitrogens is 1. The summed E-state index contributed by atoms with van der Waals surface area (Å²) in [6, 6.07) is 51.0. The van der Waals surface area contributed by atoms with Crippen LogP contribution in [0.15, 0.2) is 146 Å². The van der Waals surface area contributed by atoms with Gasteiger partial charge in [-0.2, -0.15) is 0 Å². The lowest BCUT2D eigenvalue weighted by Gasteiger charge is -2.19. The SMILES string of the molecule is CCc1ccc2cc(-c3c4ccccc4c(-c4ccc(-c5ccccn5)c5ccccc45)c4ccccc34)ccc2c1. The lowest BCUT2D eigenvalue weighted by Crippen LogP contribution is -1.93. The Labute approximate surface area is 245 Å². The molecule has 1 aromatic heterocycles. The summed E-state index contributed by atoms with van der Waals surface area (Å²) in [6.45, 7) is 2.21. The number of aryl methyl sites for hydroxylation is 1. The second-order valence-electron chi connectivity index (χ2n) is 11.0. The average molecular weight is 536 g/mol. The molecule has 0 fully saturated rings. The fourth-order valence-electron chi connectivity index (χ4n) is 6.66. The first-order valence-electron chi connectivity index (χ1n) is 14.7. The molecule has 0 N–H and O–H groups in total. The molecule has 0 aliphatic heterocycles. The summed E-state index contributed by atoms with van der Waals surface area (Å²) in [4.78, 5) is 4.68. The fraction of sp³-hybridized carbons (Fsp3) is 0.0488. The average Bonchev–Trinajstić information content (AvgIpc) is 3.06. The van der Waals surface area contributed by atoms with Crippen LogP contribution in [0.3, 0.4) is 0 Å². The lowest BCUT2D eigenvalue weighted by atomic mass is 9.84. The van der Waals surface area contributed by atoms with Crippen LogP contribution in [0.1, 0.15) is 12.5 Å². The number of rotatable bonds is 4. The van der Waals surface area contributed by atoms with E-state index < -0.39 is 0 Å². The van der Waals surface area contributed by atoms with Gasteiger partial charge >= 0.3 is 0 Å². The van der Waals surface area contributed by atoms with Crippen LogP contribution in [0.4, 0.5) is 0 Å². The van der Waals surface area contributed by atoms with E-state index >= 15 is 0 Å². The van der Waals surface area contributed by atoms with Gasteiger partial charge in [-0.1, -0.05) is 128 Å². The third-order valence-corrected chi connectivity index (χ3v) is 8.67. The van der Waals surface area contributed by atoms with E-state index in [0.717, 1.165) is 17.7 Å². The zero-order chi connectivity index (χ0) is 28.0. The molecule has 0 unspecified atom stereocenters. The van der Waals surface area contributed by atoms with Crippen LogP contribution in [-0.4, -0.2) is 4.98 Å². The van der Waals surface area contributed by atoms with Crippen LogP contribution in [0.5, 0.6) is 0 Å². The molecule has 1 heterocycles. The molecule has 8 aromatic rings. The van der Waals surface area contributed by atoms with E-state index in [1.54, 1.807) is 0 Å². The number of pyridine rings is 1. The molecular weight excluding hydrogens is 506 g/mol. The van der Waals surface area contributed by atoms with Crippen LogP contribution in [0.25, 0.3) is 76.6 Å². The normalized spacial score (nSPS) is 11.5. The molecule has 0 aliphatic rings. The zero-order valence-corrected chi connectivity index (χ0v) is 23.5. The van der Waals surface area contributed by atoms with Crippen molar-refractivity contribution in [2.45, 2.75) is 13.3 Å². The van der Waals surface area contributed by atoms with Gasteiger partial charge in [0.05, 0.1) is 5.69 Å². The van der Waals surface area contributed by atoms with Gasteiger partial charge in [0.1, 0.15) is 0 Å². The zero-order valence-electron chi connectivity index (χ0n) is 23.5. The van der Waals surface area contributed by atoms with Crippen molar-refractivity contribution < 1.29 is 0 Å². The summed E-state index contributed by atoms with van der Waals surface area (Å²) >= 11 is 0. The first-order chi connectivity index (χ1) is 20.8. The Morgan fingerprint density at radius 3 is 1.64 bits per heavy atom. The molecule has 0 bridgehead atoms. The molecule has 8 rings (SSSR count). The van der Waals surface area contributed by atoms with Gasteiger partial charge in [0, 0.05) is 11.8 Å². The Morgan fingerprint density at radius 2 is 1.00 bits per heavy atom. The van der Waals surface area contributed by atoms with Crippen LogP contribution in [0.2, 0.25) is 0 Å². The van der Waals surface area contributed by atoms with Gasteiger partial charge in [0.2, 0.25) is 0 Å². The smallest absolute Gasteiger partial charge is 0.0708 e. The fourth-order valence-corrected chi connectivity index (χ4v) is 6.66. The molecule has 7 aromatic carbocycles. The monoisotopic (exact) mass is 535 g/mol. The van der Waals surface area contributed by atoms with Crippen molar-refractivity contribution in [3.05, 3.63) is 151 Å². The Balaban J connectivity index is 1.44. The molecule has 198 valence electrons. The van der Waals surface area contributed by atoms with Crippen molar-refractivity contribution >= 4 is 43.1 Å². The Bertz CT molecular complexity index is 2220. The van der Waals surface area contributed by atoms with Gasteiger partial charge < -0.3 is 0 Å². The second kappa shape index (κ2) is 9.98. The summed E-state index contributed by atoms with van der Waals surface area (Å²) in [7, 11) is 0. The standard InChI is InChI=1S/C41H29N/c1-2-27-18-19-29-26-30(21-20-28(29)25-27)40-34-13-5-7-15-36(34)41(37-16-8-6-14-35(37)40)38-23-22-33(39-17-9-10-24-42-39)31-11-3-4-12-32(31)38/h3-26H,2H2,1H3. The Hall–Kier alpha value is -5.27. The van der Waals surface area contributed by atoms with Crippen molar-refractivity contribution in [1.82, 2.24) is 4.98 Å². The summed E-state index contributed by atoms with van der Waals surface area (Å²) < 4.78 is 0. The molecule has 42 heavy (non-hydrogen) atoms. The third-order valence-electron chi connectivity index (χ3n) is 8.67. The van der Waals surface area contributed by atoms with E-state index in [1.165, 1.54) is 70.9 Å². The maximum Gasteiger partial charge on any atom is 0.0708 e. The number of fused-ring (bicyclic) bond motifs is 4. The molecule has 0 amide bonds. The summed E-state index contributed by atoms with van der Waals surface area (Å²) in [5, 5.41) is 10.1. The Kier molecular flexibility index (Phi) is 5.82. The number of hydrogen-bond donors (Lipinski definition) is 0. The molecule has 0 spiro atoms. The van der Waals surface area contributed by atoms with Crippen LogP contribution in [-0.2, 0) is 6.42 Å². The van der Waals surface area contributed by atoms with Gasteiger partial charge in [-0.05, 0) is 95.5 Å². The highest BCUT2D eigenvalue weighted by Gasteiger charge is 2.19. The first kappa shape index (κ1) is 24.5. The molecular formula is C41H29N. The molecule has 1 heteroatoms. The largest absolute Gasteiger partial charge is 0.256 e. The molecule has 0 saturated carbocycles. The van der Waals surface area contributed by atoms with Gasteiger partial charge in [0.25, 0.3) is 0 Å². The maximum absolute atomic E-state index is 4.68. The minimum Gasteiger partial charge on any atom is -0.256 e. The van der Waals surface area contributed by atoms with Crippen molar-refractivity contribution in [3.63, 3.8) is 0 Å². The molecule has 1 nitrogen and oxygen atoms in total.